The van der Waals surface area contributed by atoms with Crippen molar-refractivity contribution in [1.82, 2.24) is 4.90 Å². The van der Waals surface area contributed by atoms with Crippen molar-refractivity contribution < 1.29 is 23.8 Å². The standard InChI is InChI=1S/C21H29NO5/c1-25-21(24)11-12-22(20(23)10-8-16-5-3-2-4-6-16)14-17-7-9-18-19(13-17)27-15-26-18/h7,9,13,16H,2-6,8,10-12,14-15H2,1H3. The van der Waals surface area contributed by atoms with Crippen molar-refractivity contribution in [1.29, 1.82) is 0 Å². The molecule has 6 heteroatoms. The first kappa shape index (κ1) is 19.5. The molecule has 1 fully saturated rings. The van der Waals surface area contributed by atoms with E-state index in [1.54, 1.807) is 4.90 Å². The van der Waals surface area contributed by atoms with Gasteiger partial charge in [-0.2, -0.15) is 0 Å². The number of hydrogen-bond donors (Lipinski definition) is 0. The van der Waals surface area contributed by atoms with Crippen LogP contribution < -0.4 is 9.47 Å². The lowest BCUT2D eigenvalue weighted by Gasteiger charge is -2.25. The third-order valence-corrected chi connectivity index (χ3v) is 5.47. The summed E-state index contributed by atoms with van der Waals surface area (Å²) in [6.07, 6.45) is 8.03. The highest BCUT2D eigenvalue weighted by molar-refractivity contribution is 5.77. The minimum Gasteiger partial charge on any atom is -0.469 e. The summed E-state index contributed by atoms with van der Waals surface area (Å²) in [6, 6.07) is 5.71. The molecular weight excluding hydrogens is 346 g/mol. The van der Waals surface area contributed by atoms with Gasteiger partial charge >= 0.3 is 5.97 Å². The van der Waals surface area contributed by atoms with Gasteiger partial charge in [0.15, 0.2) is 11.5 Å². The molecule has 1 aliphatic heterocycles. The van der Waals surface area contributed by atoms with Gasteiger partial charge in [0.05, 0.1) is 13.5 Å². The number of methoxy groups -OCH3 is 1. The number of ether oxygens (including phenoxy) is 3. The van der Waals surface area contributed by atoms with E-state index in [9.17, 15) is 9.59 Å². The molecule has 148 valence electrons. The van der Waals surface area contributed by atoms with Gasteiger partial charge in [0, 0.05) is 19.5 Å². The van der Waals surface area contributed by atoms with Crippen molar-refractivity contribution in [3.05, 3.63) is 23.8 Å². The Morgan fingerprint density at radius 1 is 1.11 bits per heavy atom. The van der Waals surface area contributed by atoms with E-state index in [4.69, 9.17) is 14.2 Å². The van der Waals surface area contributed by atoms with E-state index in [0.29, 0.717) is 31.2 Å². The molecule has 1 amide bonds. The molecule has 1 saturated carbocycles. The third kappa shape index (κ3) is 5.62. The van der Waals surface area contributed by atoms with Crippen molar-refractivity contribution in [2.24, 2.45) is 5.92 Å². The Labute approximate surface area is 160 Å². The number of hydrogen-bond acceptors (Lipinski definition) is 5. The Hall–Kier alpha value is -2.24. The van der Waals surface area contributed by atoms with E-state index in [1.165, 1.54) is 39.2 Å². The Morgan fingerprint density at radius 3 is 2.67 bits per heavy atom. The van der Waals surface area contributed by atoms with Crippen molar-refractivity contribution in [3.8, 4) is 11.5 Å². The van der Waals surface area contributed by atoms with Gasteiger partial charge in [-0.25, -0.2) is 0 Å². The van der Waals surface area contributed by atoms with Crippen molar-refractivity contribution in [3.63, 3.8) is 0 Å². The number of carbonyl (C=O) groups is 2. The molecule has 1 aromatic rings. The zero-order valence-electron chi connectivity index (χ0n) is 16.1. The van der Waals surface area contributed by atoms with Crippen LogP contribution in [0.25, 0.3) is 0 Å². The lowest BCUT2D eigenvalue weighted by atomic mass is 9.86. The molecule has 0 aromatic heterocycles. The molecule has 0 unspecified atom stereocenters. The molecule has 2 aliphatic rings. The van der Waals surface area contributed by atoms with Crippen LogP contribution in [0.2, 0.25) is 0 Å². The van der Waals surface area contributed by atoms with Crippen LogP contribution >= 0.6 is 0 Å². The average molecular weight is 375 g/mol. The van der Waals surface area contributed by atoms with Gasteiger partial charge in [0.1, 0.15) is 0 Å². The zero-order valence-corrected chi connectivity index (χ0v) is 16.1. The maximum Gasteiger partial charge on any atom is 0.307 e. The van der Waals surface area contributed by atoms with Crippen LogP contribution in [0, 0.1) is 5.92 Å². The second-order valence-electron chi connectivity index (χ2n) is 7.37. The monoisotopic (exact) mass is 375 g/mol. The molecule has 1 aromatic carbocycles. The largest absolute Gasteiger partial charge is 0.469 e. The number of rotatable bonds is 8. The fraction of sp³-hybridized carbons (Fsp3) is 0.619. The predicted octanol–water partition coefficient (Wildman–Crippen LogP) is 3.67. The number of carbonyl (C=O) groups excluding carboxylic acids is 2. The predicted molar refractivity (Wildman–Crippen MR) is 100 cm³/mol. The highest BCUT2D eigenvalue weighted by Gasteiger charge is 2.21. The molecule has 0 saturated heterocycles. The van der Waals surface area contributed by atoms with Crippen molar-refractivity contribution in [2.75, 3.05) is 20.4 Å². The lowest BCUT2D eigenvalue weighted by molar-refractivity contribution is -0.142. The first-order valence-corrected chi connectivity index (χ1v) is 9.89. The zero-order chi connectivity index (χ0) is 19.1. The average Bonchev–Trinajstić information content (AvgIpc) is 3.17. The number of fused-ring (bicyclic) bond motifs is 1. The molecule has 1 heterocycles. The SMILES string of the molecule is COC(=O)CCN(Cc1ccc2c(c1)OCO2)C(=O)CCC1CCCCC1. The van der Waals surface area contributed by atoms with Crippen molar-refractivity contribution >= 4 is 11.9 Å². The van der Waals surface area contributed by atoms with E-state index in [2.05, 4.69) is 0 Å². The Morgan fingerprint density at radius 2 is 1.89 bits per heavy atom. The molecular formula is C21H29NO5. The first-order chi connectivity index (χ1) is 13.2. The summed E-state index contributed by atoms with van der Waals surface area (Å²) in [5, 5.41) is 0. The van der Waals surface area contributed by atoms with Gasteiger partial charge in [-0.05, 0) is 30.0 Å². The maximum absolute atomic E-state index is 12.8. The molecule has 0 N–H and O–H groups in total. The second-order valence-corrected chi connectivity index (χ2v) is 7.37. The highest BCUT2D eigenvalue weighted by Crippen LogP contribution is 2.33. The molecule has 3 rings (SSSR count). The Bertz CT molecular complexity index is 654. The number of esters is 1. The number of nitrogens with zero attached hydrogens (tertiary/aromatic N) is 1. The van der Waals surface area contributed by atoms with Gasteiger partial charge in [0.25, 0.3) is 0 Å². The van der Waals surface area contributed by atoms with Gasteiger partial charge < -0.3 is 19.1 Å². The molecule has 1 aliphatic carbocycles. The first-order valence-electron chi connectivity index (χ1n) is 9.89. The summed E-state index contributed by atoms with van der Waals surface area (Å²) in [7, 11) is 1.37. The molecule has 0 spiro atoms. The van der Waals surface area contributed by atoms with E-state index in [-0.39, 0.29) is 25.1 Å². The second kappa shape index (κ2) is 9.62. The van der Waals surface area contributed by atoms with Crippen LogP contribution in [0.15, 0.2) is 18.2 Å². The molecule has 0 bridgehead atoms. The van der Waals surface area contributed by atoms with Crippen molar-refractivity contribution in [2.45, 2.75) is 57.9 Å². The highest BCUT2D eigenvalue weighted by atomic mass is 16.7. The lowest BCUT2D eigenvalue weighted by Crippen LogP contribution is -2.33. The molecule has 6 nitrogen and oxygen atoms in total. The van der Waals surface area contributed by atoms with Crippen LogP contribution in [-0.2, 0) is 20.9 Å². The smallest absolute Gasteiger partial charge is 0.307 e. The van der Waals surface area contributed by atoms with Gasteiger partial charge in [0.2, 0.25) is 12.7 Å². The molecule has 27 heavy (non-hydrogen) atoms. The summed E-state index contributed by atoms with van der Waals surface area (Å²) in [5.41, 5.74) is 0.968. The van der Waals surface area contributed by atoms with E-state index >= 15 is 0 Å². The summed E-state index contributed by atoms with van der Waals surface area (Å²) in [5.74, 6) is 1.89. The summed E-state index contributed by atoms with van der Waals surface area (Å²) in [4.78, 5) is 26.2. The van der Waals surface area contributed by atoms with Crippen LogP contribution in [-0.4, -0.2) is 37.2 Å². The molecule has 0 radical (unpaired) electrons. The Kier molecular flexibility index (Phi) is 6.96. The summed E-state index contributed by atoms with van der Waals surface area (Å²) < 4.78 is 15.5. The van der Waals surface area contributed by atoms with Crippen LogP contribution in [0.5, 0.6) is 11.5 Å². The van der Waals surface area contributed by atoms with Crippen LogP contribution in [0.1, 0.15) is 56.9 Å². The van der Waals surface area contributed by atoms with Gasteiger partial charge in [-0.1, -0.05) is 38.2 Å². The topological polar surface area (TPSA) is 65.1 Å². The van der Waals surface area contributed by atoms with Gasteiger partial charge in [-0.3, -0.25) is 9.59 Å². The maximum atomic E-state index is 12.8. The van der Waals surface area contributed by atoms with Crippen LogP contribution in [0.4, 0.5) is 0 Å². The minimum absolute atomic E-state index is 0.0992. The summed E-state index contributed by atoms with van der Waals surface area (Å²) in [6.45, 7) is 1.05. The van der Waals surface area contributed by atoms with Crippen LogP contribution in [0.3, 0.4) is 0 Å². The normalized spacial score (nSPS) is 16.2. The minimum atomic E-state index is -0.300. The van der Waals surface area contributed by atoms with E-state index in [0.717, 1.165) is 17.7 Å². The number of amides is 1. The van der Waals surface area contributed by atoms with E-state index in [1.807, 2.05) is 18.2 Å². The number of benzene rings is 1. The van der Waals surface area contributed by atoms with Gasteiger partial charge in [-0.15, -0.1) is 0 Å². The molecule has 0 atom stereocenters. The van der Waals surface area contributed by atoms with E-state index < -0.39 is 0 Å². The fourth-order valence-corrected chi connectivity index (χ4v) is 3.84. The summed E-state index contributed by atoms with van der Waals surface area (Å²) >= 11 is 0. The third-order valence-electron chi connectivity index (χ3n) is 5.47. The quantitative estimate of drug-likeness (QED) is 0.649. The Balaban J connectivity index is 1.60. The fourth-order valence-electron chi connectivity index (χ4n) is 3.84.